The van der Waals surface area contributed by atoms with Gasteiger partial charge in [0, 0.05) is 17.8 Å². The van der Waals surface area contributed by atoms with Gasteiger partial charge in [-0.15, -0.1) is 0 Å². The maximum absolute atomic E-state index is 12.6. The lowest BCUT2D eigenvalue weighted by atomic mass is 10.0. The highest BCUT2D eigenvalue weighted by Gasteiger charge is 2.17. The Morgan fingerprint density at radius 2 is 1.69 bits per heavy atom. The molecule has 26 heavy (non-hydrogen) atoms. The first-order chi connectivity index (χ1) is 12.5. The van der Waals surface area contributed by atoms with Crippen LogP contribution in [0.3, 0.4) is 0 Å². The molecule has 0 aliphatic heterocycles. The van der Waals surface area contributed by atoms with E-state index in [1.165, 1.54) is 18.2 Å². The third kappa shape index (κ3) is 4.07. The number of para-hydroxylation sites is 1. The van der Waals surface area contributed by atoms with Gasteiger partial charge in [-0.1, -0.05) is 60.1 Å². The van der Waals surface area contributed by atoms with Gasteiger partial charge in [-0.2, -0.15) is 0 Å². The third-order valence-corrected chi connectivity index (χ3v) is 4.24. The number of nitro benzene ring substituents is 1. The van der Waals surface area contributed by atoms with E-state index in [1.807, 2.05) is 48.5 Å². The topological polar surface area (TPSA) is 72.2 Å². The van der Waals surface area contributed by atoms with Crippen molar-refractivity contribution in [3.05, 3.63) is 105 Å². The molecule has 0 fully saturated rings. The number of carbonyl (C=O) groups is 1. The van der Waals surface area contributed by atoms with Crippen LogP contribution in [-0.4, -0.2) is 10.8 Å². The Hall–Kier alpha value is -3.18. The highest BCUT2D eigenvalue weighted by atomic mass is 35.5. The molecule has 6 heteroatoms. The zero-order valence-corrected chi connectivity index (χ0v) is 14.4. The number of hydrogen-bond acceptors (Lipinski definition) is 3. The SMILES string of the molecule is O=C(Nc1ccccc1Cc1ccccc1)c1cc([N+](=O)[O-])ccc1Cl. The Balaban J connectivity index is 1.87. The molecule has 3 rings (SSSR count). The van der Waals surface area contributed by atoms with Crippen molar-refractivity contribution in [1.82, 2.24) is 0 Å². The minimum atomic E-state index is -0.559. The fourth-order valence-corrected chi connectivity index (χ4v) is 2.81. The van der Waals surface area contributed by atoms with Crippen LogP contribution in [0.2, 0.25) is 5.02 Å². The maximum Gasteiger partial charge on any atom is 0.270 e. The quantitative estimate of drug-likeness (QED) is 0.505. The zero-order valence-electron chi connectivity index (χ0n) is 13.7. The molecule has 0 heterocycles. The summed E-state index contributed by atoms with van der Waals surface area (Å²) in [5.41, 5.74) is 2.58. The molecule has 0 aliphatic carbocycles. The second-order valence-corrected chi connectivity index (χ2v) is 6.10. The molecule has 0 atom stereocenters. The molecular formula is C20H15ClN2O3. The molecule has 0 radical (unpaired) electrons. The van der Waals surface area contributed by atoms with Crippen molar-refractivity contribution in [1.29, 1.82) is 0 Å². The summed E-state index contributed by atoms with van der Waals surface area (Å²) in [5, 5.41) is 13.9. The first-order valence-corrected chi connectivity index (χ1v) is 8.29. The number of nitro groups is 1. The first-order valence-electron chi connectivity index (χ1n) is 7.92. The van der Waals surface area contributed by atoms with E-state index < -0.39 is 10.8 Å². The van der Waals surface area contributed by atoms with Crippen LogP contribution in [-0.2, 0) is 6.42 Å². The van der Waals surface area contributed by atoms with Crippen LogP contribution in [0, 0.1) is 10.1 Å². The molecule has 0 aliphatic rings. The number of halogens is 1. The number of rotatable bonds is 5. The van der Waals surface area contributed by atoms with Gasteiger partial charge in [-0.25, -0.2) is 0 Å². The predicted molar refractivity (Wildman–Crippen MR) is 102 cm³/mol. The Kier molecular flexibility index (Phi) is 5.29. The summed E-state index contributed by atoms with van der Waals surface area (Å²) in [5.74, 6) is -0.487. The lowest BCUT2D eigenvalue weighted by Gasteiger charge is -2.12. The molecule has 0 aromatic heterocycles. The number of carbonyl (C=O) groups excluding carboxylic acids is 1. The Morgan fingerprint density at radius 3 is 2.42 bits per heavy atom. The van der Waals surface area contributed by atoms with E-state index in [-0.39, 0.29) is 16.3 Å². The van der Waals surface area contributed by atoms with Crippen LogP contribution >= 0.6 is 11.6 Å². The van der Waals surface area contributed by atoms with E-state index in [2.05, 4.69) is 5.32 Å². The van der Waals surface area contributed by atoms with Crippen LogP contribution in [0.25, 0.3) is 0 Å². The number of nitrogens with one attached hydrogen (secondary N) is 1. The Bertz CT molecular complexity index is 958. The van der Waals surface area contributed by atoms with E-state index >= 15 is 0 Å². The standard InChI is InChI=1S/C20H15ClN2O3/c21-18-11-10-16(23(25)26)13-17(18)20(24)22-19-9-5-4-8-15(19)12-14-6-2-1-3-7-14/h1-11,13H,12H2,(H,22,24). The number of amides is 1. The molecule has 5 nitrogen and oxygen atoms in total. The van der Waals surface area contributed by atoms with Gasteiger partial charge in [0.2, 0.25) is 0 Å². The molecule has 3 aromatic rings. The van der Waals surface area contributed by atoms with Gasteiger partial charge in [0.15, 0.2) is 0 Å². The zero-order chi connectivity index (χ0) is 18.5. The summed E-state index contributed by atoms with van der Waals surface area (Å²) >= 11 is 6.05. The predicted octanol–water partition coefficient (Wildman–Crippen LogP) is 5.09. The largest absolute Gasteiger partial charge is 0.322 e. The summed E-state index contributed by atoms with van der Waals surface area (Å²) in [6.45, 7) is 0. The lowest BCUT2D eigenvalue weighted by Crippen LogP contribution is -2.14. The average molecular weight is 367 g/mol. The Labute approximate surface area is 155 Å². The van der Waals surface area contributed by atoms with Gasteiger partial charge in [0.05, 0.1) is 15.5 Å². The van der Waals surface area contributed by atoms with Crippen molar-refractivity contribution in [3.8, 4) is 0 Å². The van der Waals surface area contributed by atoms with Crippen LogP contribution < -0.4 is 5.32 Å². The summed E-state index contributed by atoms with van der Waals surface area (Å²) < 4.78 is 0. The van der Waals surface area contributed by atoms with E-state index in [9.17, 15) is 14.9 Å². The van der Waals surface area contributed by atoms with Crippen molar-refractivity contribution in [2.45, 2.75) is 6.42 Å². The molecule has 1 N–H and O–H groups in total. The van der Waals surface area contributed by atoms with E-state index in [1.54, 1.807) is 6.07 Å². The monoisotopic (exact) mass is 366 g/mol. The second kappa shape index (κ2) is 7.80. The molecule has 1 amide bonds. The summed E-state index contributed by atoms with van der Waals surface area (Å²) in [6.07, 6.45) is 0.653. The third-order valence-electron chi connectivity index (χ3n) is 3.91. The van der Waals surface area contributed by atoms with Gasteiger partial charge in [-0.3, -0.25) is 14.9 Å². The smallest absolute Gasteiger partial charge is 0.270 e. The van der Waals surface area contributed by atoms with Crippen LogP contribution in [0.5, 0.6) is 0 Å². The average Bonchev–Trinajstić information content (AvgIpc) is 2.64. The second-order valence-electron chi connectivity index (χ2n) is 5.69. The van der Waals surface area contributed by atoms with Crippen molar-refractivity contribution in [2.24, 2.45) is 0 Å². The number of benzene rings is 3. The van der Waals surface area contributed by atoms with Crippen LogP contribution in [0.4, 0.5) is 11.4 Å². The molecule has 130 valence electrons. The van der Waals surface area contributed by atoms with Gasteiger partial charge >= 0.3 is 0 Å². The summed E-state index contributed by atoms with van der Waals surface area (Å²) in [6, 6.07) is 21.1. The lowest BCUT2D eigenvalue weighted by molar-refractivity contribution is -0.384. The van der Waals surface area contributed by atoms with Crippen LogP contribution in [0.1, 0.15) is 21.5 Å². The number of hydrogen-bond donors (Lipinski definition) is 1. The summed E-state index contributed by atoms with van der Waals surface area (Å²) in [7, 11) is 0. The van der Waals surface area contributed by atoms with Gasteiger partial charge in [0.1, 0.15) is 0 Å². The normalized spacial score (nSPS) is 10.3. The Morgan fingerprint density at radius 1 is 1.00 bits per heavy atom. The van der Waals surface area contributed by atoms with Crippen molar-refractivity contribution in [2.75, 3.05) is 5.32 Å². The van der Waals surface area contributed by atoms with Gasteiger partial charge in [0.25, 0.3) is 11.6 Å². The minimum Gasteiger partial charge on any atom is -0.322 e. The van der Waals surface area contributed by atoms with E-state index in [4.69, 9.17) is 11.6 Å². The maximum atomic E-state index is 12.6. The molecule has 0 bridgehead atoms. The number of nitrogens with zero attached hydrogens (tertiary/aromatic N) is 1. The molecule has 0 saturated heterocycles. The summed E-state index contributed by atoms with van der Waals surface area (Å²) in [4.78, 5) is 23.0. The first kappa shape index (κ1) is 17.6. The fourth-order valence-electron chi connectivity index (χ4n) is 2.60. The highest BCUT2D eigenvalue weighted by molar-refractivity contribution is 6.34. The number of anilines is 1. The van der Waals surface area contributed by atoms with Crippen LogP contribution in [0.15, 0.2) is 72.8 Å². The molecule has 3 aromatic carbocycles. The molecule has 0 unspecified atom stereocenters. The van der Waals surface area contributed by atoms with Crippen molar-refractivity contribution in [3.63, 3.8) is 0 Å². The fraction of sp³-hybridized carbons (Fsp3) is 0.0500. The van der Waals surface area contributed by atoms with Crippen molar-refractivity contribution >= 4 is 28.9 Å². The highest BCUT2D eigenvalue weighted by Crippen LogP contribution is 2.25. The van der Waals surface area contributed by atoms with Gasteiger partial charge < -0.3 is 5.32 Å². The van der Waals surface area contributed by atoms with Gasteiger partial charge in [-0.05, 0) is 29.7 Å². The van der Waals surface area contributed by atoms with Crippen molar-refractivity contribution < 1.29 is 9.72 Å². The number of non-ortho nitro benzene ring substituents is 1. The van der Waals surface area contributed by atoms with E-state index in [0.717, 1.165) is 11.1 Å². The molecule has 0 spiro atoms. The minimum absolute atomic E-state index is 0.0652. The molecule has 0 saturated carbocycles. The molecular weight excluding hydrogens is 352 g/mol. The van der Waals surface area contributed by atoms with E-state index in [0.29, 0.717) is 12.1 Å².